The number of benzene rings is 1. The molecule has 1 N–H and O–H groups in total. The fraction of sp³-hybridized carbons (Fsp3) is 0.154. The van der Waals surface area contributed by atoms with E-state index in [1.165, 1.54) is 0 Å². The van der Waals surface area contributed by atoms with E-state index in [1.807, 2.05) is 0 Å². The van der Waals surface area contributed by atoms with Crippen molar-refractivity contribution in [1.82, 2.24) is 4.98 Å². The van der Waals surface area contributed by atoms with E-state index >= 15 is 0 Å². The average Bonchev–Trinajstić information content (AvgIpc) is 2.33. The van der Waals surface area contributed by atoms with Crippen molar-refractivity contribution in [3.05, 3.63) is 62.9 Å². The molecule has 2 nitrogen and oxygen atoms in total. The molecule has 0 saturated carbocycles. The number of aromatic nitrogens is 1. The maximum atomic E-state index is 10.1. The fourth-order valence-corrected chi connectivity index (χ4v) is 2.37. The summed E-state index contributed by atoms with van der Waals surface area (Å²) < 4.78 is 0. The third kappa shape index (κ3) is 3.15. The Bertz CT molecular complexity index is 560. The molecule has 94 valence electrons. The molecule has 0 amide bonds. The number of halogens is 3. The highest BCUT2D eigenvalue weighted by molar-refractivity contribution is 6.35. The number of pyridine rings is 1. The SMILES string of the molecule is OC(Cc1ccc(Cl)cc1Cl)c1ncccc1Cl. The maximum Gasteiger partial charge on any atom is 0.102 e. The molecule has 1 atom stereocenters. The Labute approximate surface area is 120 Å². The third-order valence-electron chi connectivity index (χ3n) is 2.53. The largest absolute Gasteiger partial charge is 0.386 e. The molecule has 0 radical (unpaired) electrons. The zero-order valence-corrected chi connectivity index (χ0v) is 11.5. The Hall–Kier alpha value is -0.800. The Kier molecular flexibility index (Phi) is 4.46. The van der Waals surface area contributed by atoms with Crippen LogP contribution in [0, 0.1) is 0 Å². The van der Waals surface area contributed by atoms with E-state index in [1.54, 1.807) is 36.5 Å². The van der Waals surface area contributed by atoms with E-state index in [-0.39, 0.29) is 0 Å². The minimum Gasteiger partial charge on any atom is -0.386 e. The number of rotatable bonds is 3. The van der Waals surface area contributed by atoms with E-state index in [9.17, 15) is 5.11 Å². The van der Waals surface area contributed by atoms with Crippen molar-refractivity contribution in [1.29, 1.82) is 0 Å². The number of hydrogen-bond donors (Lipinski definition) is 1. The smallest absolute Gasteiger partial charge is 0.102 e. The van der Waals surface area contributed by atoms with E-state index in [0.29, 0.717) is 27.2 Å². The van der Waals surface area contributed by atoms with Crippen molar-refractivity contribution in [3.63, 3.8) is 0 Å². The lowest BCUT2D eigenvalue weighted by molar-refractivity contribution is 0.174. The average molecular weight is 303 g/mol. The molecule has 1 unspecified atom stereocenters. The first-order valence-electron chi connectivity index (χ1n) is 5.30. The first kappa shape index (κ1) is 13.6. The van der Waals surface area contributed by atoms with E-state index in [4.69, 9.17) is 34.8 Å². The van der Waals surface area contributed by atoms with Crippen LogP contribution in [0.4, 0.5) is 0 Å². The van der Waals surface area contributed by atoms with Crippen LogP contribution in [0.2, 0.25) is 15.1 Å². The van der Waals surface area contributed by atoms with Gasteiger partial charge in [0.2, 0.25) is 0 Å². The molecule has 18 heavy (non-hydrogen) atoms. The van der Waals surface area contributed by atoms with Gasteiger partial charge in [-0.1, -0.05) is 40.9 Å². The minimum absolute atomic E-state index is 0.340. The van der Waals surface area contributed by atoms with Crippen LogP contribution >= 0.6 is 34.8 Å². The van der Waals surface area contributed by atoms with Crippen molar-refractivity contribution in [2.24, 2.45) is 0 Å². The molecule has 2 rings (SSSR count). The summed E-state index contributed by atoms with van der Waals surface area (Å²) in [7, 11) is 0. The Morgan fingerprint density at radius 1 is 1.11 bits per heavy atom. The molecule has 0 saturated heterocycles. The number of nitrogens with zero attached hydrogens (tertiary/aromatic N) is 1. The summed E-state index contributed by atoms with van der Waals surface area (Å²) in [5.74, 6) is 0. The second-order valence-electron chi connectivity index (χ2n) is 3.83. The Morgan fingerprint density at radius 2 is 1.89 bits per heavy atom. The van der Waals surface area contributed by atoms with Gasteiger partial charge in [-0.25, -0.2) is 0 Å². The summed E-state index contributed by atoms with van der Waals surface area (Å²) in [5.41, 5.74) is 1.25. The molecule has 0 aliphatic carbocycles. The highest BCUT2D eigenvalue weighted by Gasteiger charge is 2.15. The van der Waals surface area contributed by atoms with Gasteiger partial charge in [-0.2, -0.15) is 0 Å². The lowest BCUT2D eigenvalue weighted by atomic mass is 10.1. The quantitative estimate of drug-likeness (QED) is 0.916. The second kappa shape index (κ2) is 5.89. The van der Waals surface area contributed by atoms with Crippen LogP contribution in [0.25, 0.3) is 0 Å². The molecule has 0 spiro atoms. The van der Waals surface area contributed by atoms with Crippen LogP contribution in [0.1, 0.15) is 17.4 Å². The lowest BCUT2D eigenvalue weighted by Crippen LogP contribution is -2.05. The van der Waals surface area contributed by atoms with Gasteiger partial charge in [0.05, 0.1) is 10.7 Å². The predicted molar refractivity (Wildman–Crippen MR) is 74.4 cm³/mol. The molecule has 2 aromatic rings. The van der Waals surface area contributed by atoms with Crippen molar-refractivity contribution in [2.75, 3.05) is 0 Å². The van der Waals surface area contributed by atoms with Crippen molar-refractivity contribution < 1.29 is 5.11 Å². The molecule has 0 aliphatic heterocycles. The molecule has 1 heterocycles. The van der Waals surface area contributed by atoms with Gasteiger partial charge in [0.25, 0.3) is 0 Å². The highest BCUT2D eigenvalue weighted by atomic mass is 35.5. The van der Waals surface area contributed by atoms with Gasteiger partial charge in [-0.05, 0) is 29.8 Å². The van der Waals surface area contributed by atoms with Crippen LogP contribution in [-0.2, 0) is 6.42 Å². The minimum atomic E-state index is -0.794. The number of aliphatic hydroxyl groups is 1. The normalized spacial score (nSPS) is 12.4. The summed E-state index contributed by atoms with van der Waals surface area (Å²) in [4.78, 5) is 4.07. The standard InChI is InChI=1S/C13H10Cl3NO/c14-9-4-3-8(11(16)7-9)6-12(18)13-10(15)2-1-5-17-13/h1-5,7,12,18H,6H2. The van der Waals surface area contributed by atoms with Gasteiger partial charge >= 0.3 is 0 Å². The zero-order valence-electron chi connectivity index (χ0n) is 9.28. The molecular formula is C13H10Cl3NO. The van der Waals surface area contributed by atoms with Gasteiger partial charge in [0, 0.05) is 22.7 Å². The molecule has 1 aromatic carbocycles. The lowest BCUT2D eigenvalue weighted by Gasteiger charge is -2.12. The van der Waals surface area contributed by atoms with Gasteiger partial charge in [0.15, 0.2) is 0 Å². The van der Waals surface area contributed by atoms with E-state index < -0.39 is 6.10 Å². The Balaban J connectivity index is 2.21. The van der Waals surface area contributed by atoms with Crippen molar-refractivity contribution in [3.8, 4) is 0 Å². The predicted octanol–water partition coefficient (Wildman–Crippen LogP) is 4.32. The van der Waals surface area contributed by atoms with Crippen LogP contribution in [-0.4, -0.2) is 10.1 Å². The fourth-order valence-electron chi connectivity index (χ4n) is 1.64. The topological polar surface area (TPSA) is 33.1 Å². The number of hydrogen-bond acceptors (Lipinski definition) is 2. The van der Waals surface area contributed by atoms with Crippen molar-refractivity contribution in [2.45, 2.75) is 12.5 Å². The van der Waals surface area contributed by atoms with Crippen LogP contribution in [0.15, 0.2) is 36.5 Å². The highest BCUT2D eigenvalue weighted by Crippen LogP contribution is 2.27. The summed E-state index contributed by atoms with van der Waals surface area (Å²) in [6, 6.07) is 8.57. The first-order valence-corrected chi connectivity index (χ1v) is 6.43. The summed E-state index contributed by atoms with van der Waals surface area (Å²) in [5, 5.41) is 11.6. The molecular weight excluding hydrogens is 293 g/mol. The summed E-state index contributed by atoms with van der Waals surface area (Å²) in [6.45, 7) is 0. The summed E-state index contributed by atoms with van der Waals surface area (Å²) >= 11 is 17.8. The maximum absolute atomic E-state index is 10.1. The van der Waals surface area contributed by atoms with Crippen LogP contribution in [0.5, 0.6) is 0 Å². The van der Waals surface area contributed by atoms with Gasteiger partial charge in [-0.15, -0.1) is 0 Å². The molecule has 0 fully saturated rings. The van der Waals surface area contributed by atoms with Crippen molar-refractivity contribution >= 4 is 34.8 Å². The molecule has 0 aliphatic rings. The summed E-state index contributed by atoms with van der Waals surface area (Å²) in [6.07, 6.45) is 1.14. The third-order valence-corrected chi connectivity index (χ3v) is 3.44. The van der Waals surface area contributed by atoms with Gasteiger partial charge in [0.1, 0.15) is 6.10 Å². The monoisotopic (exact) mass is 301 g/mol. The van der Waals surface area contributed by atoms with E-state index in [0.717, 1.165) is 5.56 Å². The van der Waals surface area contributed by atoms with Crippen LogP contribution in [0.3, 0.4) is 0 Å². The number of aliphatic hydroxyl groups excluding tert-OH is 1. The van der Waals surface area contributed by atoms with E-state index in [2.05, 4.69) is 4.98 Å². The molecule has 5 heteroatoms. The molecule has 1 aromatic heterocycles. The first-order chi connectivity index (χ1) is 8.58. The van der Waals surface area contributed by atoms with Gasteiger partial charge < -0.3 is 5.11 Å². The Morgan fingerprint density at radius 3 is 2.56 bits per heavy atom. The second-order valence-corrected chi connectivity index (χ2v) is 5.08. The molecule has 0 bridgehead atoms. The van der Waals surface area contributed by atoms with Crippen LogP contribution < -0.4 is 0 Å². The zero-order chi connectivity index (χ0) is 13.1. The van der Waals surface area contributed by atoms with Gasteiger partial charge in [-0.3, -0.25) is 4.98 Å².